The highest BCUT2D eigenvalue weighted by molar-refractivity contribution is 7.92. The summed E-state index contributed by atoms with van der Waals surface area (Å²) >= 11 is 4.72. The highest BCUT2D eigenvalue weighted by atomic mass is 32.2. The Kier molecular flexibility index (Phi) is 3.49. The van der Waals surface area contributed by atoms with Crippen molar-refractivity contribution in [1.29, 1.82) is 0 Å². The molecule has 0 spiro atoms. The number of benzene rings is 1. The monoisotopic (exact) mass is 262 g/mol. The topological polar surface area (TPSA) is 72.2 Å². The number of sulfonamides is 1. The van der Waals surface area contributed by atoms with Crippen molar-refractivity contribution < 1.29 is 12.8 Å². The number of nitrogens with one attached hydrogen (secondary N) is 1. The summed E-state index contributed by atoms with van der Waals surface area (Å²) in [5.41, 5.74) is 6.05. The van der Waals surface area contributed by atoms with E-state index in [4.69, 9.17) is 18.0 Å². The SMILES string of the molecule is Cc1cc(NS(C)(=O)=O)c(C(N)=S)cc1F. The van der Waals surface area contributed by atoms with E-state index in [1.165, 1.54) is 13.0 Å². The third-order valence-electron chi connectivity index (χ3n) is 1.86. The quantitative estimate of drug-likeness (QED) is 0.801. The molecule has 0 saturated carbocycles. The highest BCUT2D eigenvalue weighted by Gasteiger charge is 2.12. The average Bonchev–Trinajstić information content (AvgIpc) is 2.07. The molecule has 0 atom stereocenters. The van der Waals surface area contributed by atoms with Gasteiger partial charge in [0.2, 0.25) is 10.0 Å². The van der Waals surface area contributed by atoms with Gasteiger partial charge in [0.05, 0.1) is 11.9 Å². The van der Waals surface area contributed by atoms with Crippen LogP contribution in [-0.4, -0.2) is 19.7 Å². The van der Waals surface area contributed by atoms with Crippen LogP contribution in [0.25, 0.3) is 0 Å². The molecule has 0 radical (unpaired) electrons. The van der Waals surface area contributed by atoms with Gasteiger partial charge in [-0.1, -0.05) is 12.2 Å². The molecule has 4 nitrogen and oxygen atoms in total. The van der Waals surface area contributed by atoms with E-state index in [1.807, 2.05) is 0 Å². The Morgan fingerprint density at radius 1 is 1.50 bits per heavy atom. The number of aryl methyl sites for hydroxylation is 1. The third-order valence-corrected chi connectivity index (χ3v) is 2.67. The summed E-state index contributed by atoms with van der Waals surface area (Å²) < 4.78 is 37.7. The largest absolute Gasteiger partial charge is 0.389 e. The first kappa shape index (κ1) is 12.9. The summed E-state index contributed by atoms with van der Waals surface area (Å²) in [6.07, 6.45) is 0.995. The minimum Gasteiger partial charge on any atom is -0.389 e. The van der Waals surface area contributed by atoms with Crippen LogP contribution in [0.4, 0.5) is 10.1 Å². The van der Waals surface area contributed by atoms with Gasteiger partial charge in [0, 0.05) is 5.56 Å². The van der Waals surface area contributed by atoms with E-state index in [-0.39, 0.29) is 16.2 Å². The van der Waals surface area contributed by atoms with Crippen LogP contribution in [0.15, 0.2) is 12.1 Å². The number of rotatable bonds is 3. The maximum absolute atomic E-state index is 13.3. The van der Waals surface area contributed by atoms with Crippen molar-refractivity contribution in [3.05, 3.63) is 29.1 Å². The number of hydrogen-bond acceptors (Lipinski definition) is 3. The van der Waals surface area contributed by atoms with E-state index in [9.17, 15) is 12.8 Å². The van der Waals surface area contributed by atoms with Gasteiger partial charge in [-0.05, 0) is 24.6 Å². The van der Waals surface area contributed by atoms with Crippen molar-refractivity contribution in [2.45, 2.75) is 6.92 Å². The van der Waals surface area contributed by atoms with Crippen LogP contribution < -0.4 is 10.5 Å². The standard InChI is InChI=1S/C9H11FN2O2S2/c1-5-3-8(12-16(2,13)14)6(9(11)15)4-7(5)10/h3-4,12H,1-2H3,(H2,11,15). The van der Waals surface area contributed by atoms with Gasteiger partial charge in [-0.2, -0.15) is 0 Å². The molecule has 7 heteroatoms. The van der Waals surface area contributed by atoms with Crippen LogP contribution in [0.2, 0.25) is 0 Å². The lowest BCUT2D eigenvalue weighted by molar-refractivity contribution is 0.606. The molecule has 0 saturated heterocycles. The fourth-order valence-corrected chi connectivity index (χ4v) is 1.91. The summed E-state index contributed by atoms with van der Waals surface area (Å²) in [6, 6.07) is 2.47. The number of nitrogens with two attached hydrogens (primary N) is 1. The molecule has 3 N–H and O–H groups in total. The first-order chi connectivity index (χ1) is 7.20. The lowest BCUT2D eigenvalue weighted by Gasteiger charge is -2.11. The molecular formula is C9H11FN2O2S2. The van der Waals surface area contributed by atoms with E-state index in [0.29, 0.717) is 5.56 Å². The number of anilines is 1. The van der Waals surface area contributed by atoms with E-state index < -0.39 is 15.8 Å². The van der Waals surface area contributed by atoms with Crippen LogP contribution in [0.3, 0.4) is 0 Å². The molecule has 0 aliphatic carbocycles. The van der Waals surface area contributed by atoms with Crippen molar-refractivity contribution in [1.82, 2.24) is 0 Å². The van der Waals surface area contributed by atoms with Gasteiger partial charge in [0.25, 0.3) is 0 Å². The number of halogens is 1. The van der Waals surface area contributed by atoms with Crippen molar-refractivity contribution in [3.8, 4) is 0 Å². The van der Waals surface area contributed by atoms with Crippen molar-refractivity contribution in [2.24, 2.45) is 5.73 Å². The molecule has 0 bridgehead atoms. The summed E-state index contributed by atoms with van der Waals surface area (Å²) in [6.45, 7) is 1.52. The summed E-state index contributed by atoms with van der Waals surface area (Å²) in [7, 11) is -3.45. The minimum atomic E-state index is -3.45. The highest BCUT2D eigenvalue weighted by Crippen LogP contribution is 2.21. The lowest BCUT2D eigenvalue weighted by Crippen LogP contribution is -2.17. The second-order valence-electron chi connectivity index (χ2n) is 3.39. The van der Waals surface area contributed by atoms with Gasteiger partial charge >= 0.3 is 0 Å². The van der Waals surface area contributed by atoms with E-state index in [1.54, 1.807) is 0 Å². The summed E-state index contributed by atoms with van der Waals surface area (Å²) in [5, 5.41) is 0. The van der Waals surface area contributed by atoms with Crippen LogP contribution in [0.1, 0.15) is 11.1 Å². The Morgan fingerprint density at radius 3 is 2.50 bits per heavy atom. The second-order valence-corrected chi connectivity index (χ2v) is 5.57. The molecule has 1 aromatic carbocycles. The average molecular weight is 262 g/mol. The van der Waals surface area contributed by atoms with Crippen LogP contribution in [-0.2, 0) is 10.0 Å². The zero-order valence-corrected chi connectivity index (χ0v) is 10.4. The van der Waals surface area contributed by atoms with E-state index >= 15 is 0 Å². The summed E-state index contributed by atoms with van der Waals surface area (Å²) in [5.74, 6) is -0.484. The normalized spacial score (nSPS) is 11.2. The Bertz CT molecular complexity index is 541. The Balaban J connectivity index is 3.36. The molecule has 0 fully saturated rings. The van der Waals surface area contributed by atoms with Gasteiger partial charge in [0.15, 0.2) is 0 Å². The molecule has 0 aromatic heterocycles. The number of hydrogen-bond donors (Lipinski definition) is 2. The van der Waals surface area contributed by atoms with Crippen LogP contribution in [0, 0.1) is 12.7 Å². The predicted octanol–water partition coefficient (Wildman–Crippen LogP) is 1.14. The molecule has 0 amide bonds. The molecule has 1 aromatic rings. The fourth-order valence-electron chi connectivity index (χ4n) is 1.17. The molecule has 1 rings (SSSR count). The second kappa shape index (κ2) is 4.34. The Hall–Kier alpha value is -1.21. The van der Waals surface area contributed by atoms with Crippen LogP contribution in [0.5, 0.6) is 0 Å². The molecule has 0 heterocycles. The smallest absolute Gasteiger partial charge is 0.229 e. The van der Waals surface area contributed by atoms with Gasteiger partial charge < -0.3 is 5.73 Å². The number of thiocarbonyl (C=S) groups is 1. The lowest BCUT2D eigenvalue weighted by atomic mass is 10.1. The van der Waals surface area contributed by atoms with E-state index in [0.717, 1.165) is 12.3 Å². The Morgan fingerprint density at radius 2 is 2.06 bits per heavy atom. The zero-order valence-electron chi connectivity index (χ0n) is 8.74. The van der Waals surface area contributed by atoms with Gasteiger partial charge in [-0.25, -0.2) is 12.8 Å². The Labute approximate surface area is 98.7 Å². The third kappa shape index (κ3) is 3.14. The van der Waals surface area contributed by atoms with Crippen LogP contribution >= 0.6 is 12.2 Å². The minimum absolute atomic E-state index is 0.0648. The zero-order chi connectivity index (χ0) is 12.5. The molecule has 0 aliphatic heterocycles. The molecule has 88 valence electrons. The maximum atomic E-state index is 13.3. The first-order valence-corrected chi connectivity index (χ1v) is 6.58. The molecule has 0 aliphatic rings. The van der Waals surface area contributed by atoms with Gasteiger partial charge in [-0.15, -0.1) is 0 Å². The molecular weight excluding hydrogens is 251 g/mol. The molecule has 0 unspecified atom stereocenters. The van der Waals surface area contributed by atoms with Crippen molar-refractivity contribution in [2.75, 3.05) is 11.0 Å². The van der Waals surface area contributed by atoms with E-state index in [2.05, 4.69) is 4.72 Å². The fraction of sp³-hybridized carbons (Fsp3) is 0.222. The summed E-state index contributed by atoms with van der Waals surface area (Å²) in [4.78, 5) is -0.0648. The molecule has 16 heavy (non-hydrogen) atoms. The van der Waals surface area contributed by atoms with Crippen molar-refractivity contribution in [3.63, 3.8) is 0 Å². The van der Waals surface area contributed by atoms with Crippen molar-refractivity contribution >= 4 is 32.9 Å². The van der Waals surface area contributed by atoms with Gasteiger partial charge in [-0.3, -0.25) is 4.72 Å². The van der Waals surface area contributed by atoms with Gasteiger partial charge in [0.1, 0.15) is 10.8 Å². The maximum Gasteiger partial charge on any atom is 0.229 e. The first-order valence-electron chi connectivity index (χ1n) is 4.28. The predicted molar refractivity (Wildman–Crippen MR) is 65.5 cm³/mol.